The molecule has 0 spiro atoms. The van der Waals surface area contributed by atoms with E-state index >= 15 is 0 Å². The van der Waals surface area contributed by atoms with Crippen molar-refractivity contribution in [2.75, 3.05) is 25.1 Å². The van der Waals surface area contributed by atoms with Gasteiger partial charge in [-0.05, 0) is 45.0 Å². The number of amides is 1. The minimum Gasteiger partial charge on any atom is -0.488 e. The van der Waals surface area contributed by atoms with E-state index < -0.39 is 0 Å². The van der Waals surface area contributed by atoms with Crippen molar-refractivity contribution in [2.45, 2.75) is 32.4 Å². The zero-order valence-electron chi connectivity index (χ0n) is 12.6. The number of hydrogen-bond acceptors (Lipinski definition) is 4. The van der Waals surface area contributed by atoms with E-state index in [1.165, 1.54) is 0 Å². The van der Waals surface area contributed by atoms with Gasteiger partial charge in [0.05, 0.1) is 13.2 Å². The molecule has 21 heavy (non-hydrogen) atoms. The summed E-state index contributed by atoms with van der Waals surface area (Å²) < 4.78 is 11.0. The lowest BCUT2D eigenvalue weighted by atomic mass is 10.2. The molecule has 0 bridgehead atoms. The number of halogens is 1. The molecule has 1 aromatic rings. The molecule has 1 heterocycles. The summed E-state index contributed by atoms with van der Waals surface area (Å²) >= 11 is 0. The molecule has 1 saturated heterocycles. The van der Waals surface area contributed by atoms with Gasteiger partial charge in [0.2, 0.25) is 5.91 Å². The van der Waals surface area contributed by atoms with E-state index in [2.05, 4.69) is 10.6 Å². The Morgan fingerprint density at radius 2 is 2.00 bits per heavy atom. The van der Waals surface area contributed by atoms with Crippen molar-refractivity contribution in [2.24, 2.45) is 0 Å². The number of nitrogens with one attached hydrogen (secondary N) is 2. The van der Waals surface area contributed by atoms with E-state index in [9.17, 15) is 4.79 Å². The van der Waals surface area contributed by atoms with Gasteiger partial charge in [-0.15, -0.1) is 12.4 Å². The van der Waals surface area contributed by atoms with Crippen LogP contribution in [0.1, 0.15) is 20.8 Å². The maximum atomic E-state index is 12.0. The maximum Gasteiger partial charge on any atom is 0.243 e. The van der Waals surface area contributed by atoms with E-state index in [-0.39, 0.29) is 30.0 Å². The molecule has 0 saturated carbocycles. The number of carbonyl (C=O) groups is 1. The Morgan fingerprint density at radius 3 is 2.52 bits per heavy atom. The Bertz CT molecular complexity index is 451. The van der Waals surface area contributed by atoms with Crippen molar-refractivity contribution in [3.63, 3.8) is 0 Å². The highest BCUT2D eigenvalue weighted by molar-refractivity contribution is 5.95. The predicted octanol–water partition coefficient (Wildman–Crippen LogP) is 2.21. The van der Waals surface area contributed by atoms with Crippen molar-refractivity contribution in [3.05, 3.63) is 24.3 Å². The molecule has 5 nitrogen and oxygen atoms in total. The smallest absolute Gasteiger partial charge is 0.243 e. The highest BCUT2D eigenvalue weighted by Crippen LogP contribution is 2.20. The Morgan fingerprint density at radius 1 is 1.33 bits per heavy atom. The van der Waals surface area contributed by atoms with Crippen LogP contribution in [0.2, 0.25) is 0 Å². The second kappa shape index (κ2) is 7.64. The fourth-order valence-electron chi connectivity index (χ4n) is 1.92. The molecule has 1 fully saturated rings. The minimum atomic E-state index is -0.283. The molecular formula is C15H23ClN2O3. The molecule has 1 aromatic carbocycles. The summed E-state index contributed by atoms with van der Waals surface area (Å²) in [6.45, 7) is 7.77. The molecule has 0 radical (unpaired) electrons. The number of morpholine rings is 1. The molecule has 1 aliphatic heterocycles. The third kappa shape index (κ3) is 5.91. The van der Waals surface area contributed by atoms with Crippen molar-refractivity contribution >= 4 is 24.0 Å². The van der Waals surface area contributed by atoms with Crippen LogP contribution in [-0.2, 0) is 9.53 Å². The minimum absolute atomic E-state index is 0. The Hall–Kier alpha value is -1.30. The van der Waals surface area contributed by atoms with Crippen LogP contribution in [0.25, 0.3) is 0 Å². The molecule has 118 valence electrons. The Balaban J connectivity index is 0.00000220. The number of ether oxygens (including phenoxy) is 2. The van der Waals surface area contributed by atoms with Gasteiger partial charge in [-0.1, -0.05) is 0 Å². The number of rotatable bonds is 3. The van der Waals surface area contributed by atoms with Crippen molar-refractivity contribution in [1.82, 2.24) is 5.32 Å². The zero-order valence-corrected chi connectivity index (χ0v) is 13.5. The van der Waals surface area contributed by atoms with Crippen molar-refractivity contribution in [1.29, 1.82) is 0 Å². The molecule has 2 N–H and O–H groups in total. The van der Waals surface area contributed by atoms with E-state index in [4.69, 9.17) is 9.47 Å². The number of carbonyl (C=O) groups excluding carboxylic acids is 1. The second-order valence-electron chi connectivity index (χ2n) is 5.81. The first-order chi connectivity index (χ1) is 9.44. The fraction of sp³-hybridized carbons (Fsp3) is 0.533. The summed E-state index contributed by atoms with van der Waals surface area (Å²) in [6.07, 6.45) is 0. The highest BCUT2D eigenvalue weighted by atomic mass is 35.5. The number of hydrogen-bond donors (Lipinski definition) is 2. The lowest BCUT2D eigenvalue weighted by Gasteiger charge is -2.23. The highest BCUT2D eigenvalue weighted by Gasteiger charge is 2.21. The summed E-state index contributed by atoms with van der Waals surface area (Å²) in [4.78, 5) is 12.0. The van der Waals surface area contributed by atoms with E-state index in [1.807, 2.05) is 45.0 Å². The normalized spacial score (nSPS) is 18.5. The Kier molecular flexibility index (Phi) is 6.45. The van der Waals surface area contributed by atoms with Gasteiger partial charge < -0.3 is 20.1 Å². The zero-order chi connectivity index (χ0) is 14.6. The van der Waals surface area contributed by atoms with Gasteiger partial charge in [0.1, 0.15) is 17.4 Å². The van der Waals surface area contributed by atoms with Gasteiger partial charge in [-0.25, -0.2) is 0 Å². The molecule has 1 amide bonds. The SMILES string of the molecule is CC(C)(C)Oc1ccc(NC(=O)C2COCCN2)cc1.Cl. The van der Waals surface area contributed by atoms with Crippen LogP contribution >= 0.6 is 12.4 Å². The first-order valence-electron chi connectivity index (χ1n) is 6.85. The van der Waals surface area contributed by atoms with E-state index in [1.54, 1.807) is 0 Å². The largest absolute Gasteiger partial charge is 0.488 e. The van der Waals surface area contributed by atoms with Gasteiger partial charge in [-0.2, -0.15) is 0 Å². The summed E-state index contributed by atoms with van der Waals surface area (Å²) in [5, 5.41) is 5.98. The molecule has 1 aliphatic rings. The molecule has 0 aliphatic carbocycles. The lowest BCUT2D eigenvalue weighted by molar-refractivity contribution is -0.120. The van der Waals surface area contributed by atoms with Crippen LogP contribution < -0.4 is 15.4 Å². The van der Waals surface area contributed by atoms with E-state index in [0.717, 1.165) is 11.4 Å². The summed E-state index contributed by atoms with van der Waals surface area (Å²) in [5.74, 6) is 0.712. The van der Waals surface area contributed by atoms with Crippen molar-refractivity contribution in [3.8, 4) is 5.75 Å². The summed E-state index contributed by atoms with van der Waals surface area (Å²) in [7, 11) is 0. The predicted molar refractivity (Wildman–Crippen MR) is 85.3 cm³/mol. The van der Waals surface area contributed by atoms with Crippen LogP contribution in [0.5, 0.6) is 5.75 Å². The van der Waals surface area contributed by atoms with Gasteiger partial charge in [0.25, 0.3) is 0 Å². The second-order valence-corrected chi connectivity index (χ2v) is 5.81. The maximum absolute atomic E-state index is 12.0. The number of benzene rings is 1. The molecule has 2 rings (SSSR count). The van der Waals surface area contributed by atoms with Gasteiger partial charge in [0, 0.05) is 12.2 Å². The fourth-order valence-corrected chi connectivity index (χ4v) is 1.92. The summed E-state index contributed by atoms with van der Waals surface area (Å²) in [5.41, 5.74) is 0.525. The molecular weight excluding hydrogens is 292 g/mol. The topological polar surface area (TPSA) is 59.6 Å². The quantitative estimate of drug-likeness (QED) is 0.898. The molecule has 1 unspecified atom stereocenters. The first-order valence-corrected chi connectivity index (χ1v) is 6.85. The summed E-state index contributed by atoms with van der Waals surface area (Å²) in [6, 6.07) is 7.09. The van der Waals surface area contributed by atoms with Crippen LogP contribution in [0.3, 0.4) is 0 Å². The molecule has 0 aromatic heterocycles. The Labute approximate surface area is 131 Å². The van der Waals surface area contributed by atoms with Gasteiger partial charge in [0.15, 0.2) is 0 Å². The van der Waals surface area contributed by atoms with Crippen LogP contribution in [0, 0.1) is 0 Å². The van der Waals surface area contributed by atoms with E-state index in [0.29, 0.717) is 19.8 Å². The first kappa shape index (κ1) is 17.8. The monoisotopic (exact) mass is 314 g/mol. The average Bonchev–Trinajstić information content (AvgIpc) is 2.40. The number of anilines is 1. The van der Waals surface area contributed by atoms with Crippen LogP contribution in [0.15, 0.2) is 24.3 Å². The van der Waals surface area contributed by atoms with Crippen LogP contribution in [0.4, 0.5) is 5.69 Å². The molecule has 6 heteroatoms. The van der Waals surface area contributed by atoms with Crippen LogP contribution in [-0.4, -0.2) is 37.3 Å². The van der Waals surface area contributed by atoms with Crippen molar-refractivity contribution < 1.29 is 14.3 Å². The lowest BCUT2D eigenvalue weighted by Crippen LogP contribution is -2.48. The third-order valence-electron chi connectivity index (χ3n) is 2.78. The average molecular weight is 315 g/mol. The van der Waals surface area contributed by atoms with Gasteiger partial charge in [-0.3, -0.25) is 4.79 Å². The third-order valence-corrected chi connectivity index (χ3v) is 2.78. The van der Waals surface area contributed by atoms with Gasteiger partial charge >= 0.3 is 0 Å². The standard InChI is InChI=1S/C15H22N2O3.ClH/c1-15(2,3)20-12-6-4-11(5-7-12)17-14(18)13-10-19-9-8-16-13;/h4-7,13,16H,8-10H2,1-3H3,(H,17,18);1H. The molecule has 1 atom stereocenters.